The van der Waals surface area contributed by atoms with Crippen molar-refractivity contribution >= 4 is 32.0 Å². The topological polar surface area (TPSA) is 0 Å². The molecule has 0 bridgehead atoms. The third-order valence-electron chi connectivity index (χ3n) is 2.95. The largest absolute Gasteiger partial charge is 0.547 e. The van der Waals surface area contributed by atoms with Crippen molar-refractivity contribution in [3.63, 3.8) is 0 Å². The van der Waals surface area contributed by atoms with Crippen LogP contribution in [0.25, 0.3) is 11.1 Å². The second-order valence-corrected chi connectivity index (χ2v) is 5.96. The Hall–Kier alpha value is -1.13. The van der Waals surface area contributed by atoms with E-state index in [-0.39, 0.29) is 0 Å². The van der Waals surface area contributed by atoms with Gasteiger partial charge >= 0.3 is 19.3 Å². The molecule has 23 heavy (non-hydrogen) atoms. The summed E-state index contributed by atoms with van der Waals surface area (Å²) in [6, 6.07) is 0. The molecule has 0 fully saturated rings. The zero-order valence-corrected chi connectivity index (χ0v) is 12.7. The zero-order valence-electron chi connectivity index (χ0n) is 10.5. The predicted octanol–water partition coefficient (Wildman–Crippen LogP) is 4.09. The first-order valence-electron chi connectivity index (χ1n) is 5.57. The molecular weight excluding hydrogens is 375 g/mol. The van der Waals surface area contributed by atoms with Crippen LogP contribution in [0.4, 0.5) is 39.5 Å². The molecule has 0 spiro atoms. The Morgan fingerprint density at radius 3 is 1.00 bits per heavy atom. The first kappa shape index (κ1) is 18.2. The highest BCUT2D eigenvalue weighted by atomic mass is 35.5. The fourth-order valence-electron chi connectivity index (χ4n) is 1.84. The first-order chi connectivity index (χ1) is 10.6. The molecule has 0 radical (unpaired) electrons. The molecule has 0 saturated carbocycles. The second kappa shape index (κ2) is 6.40. The normalized spacial score (nSPS) is 10.9. The molecule has 0 N–H and O–H groups in total. The lowest BCUT2D eigenvalue weighted by Gasteiger charge is -2.13. The average molecular weight is 375 g/mol. The lowest BCUT2D eigenvalue weighted by molar-refractivity contribution is 0.379. The van der Waals surface area contributed by atoms with Crippen LogP contribution in [-0.4, -0.2) is 19.3 Å². The van der Waals surface area contributed by atoms with Crippen LogP contribution in [0, 0.1) is 52.4 Å². The summed E-state index contributed by atoms with van der Waals surface area (Å²) in [5.41, 5.74) is -4.16. The summed E-state index contributed by atoms with van der Waals surface area (Å²) in [4.78, 5) is 0. The number of hydrogen-bond donors (Lipinski definition) is 0. The average Bonchev–Trinajstić information content (AvgIpc) is 2.53. The van der Waals surface area contributed by atoms with Gasteiger partial charge in [0, 0.05) is 0 Å². The lowest BCUT2D eigenvalue weighted by atomic mass is 10.0. The SMILES string of the molecule is Fc1c(F)c(F)c(-c2c(F)c(F)[c]([Mg][Cl])c(F)c2F)c(F)c1F. The van der Waals surface area contributed by atoms with Gasteiger partial charge in [-0.1, -0.05) is 3.69 Å². The van der Waals surface area contributed by atoms with E-state index in [2.05, 4.69) is 0 Å². The molecule has 2 aromatic carbocycles. The molecule has 0 nitrogen and oxygen atoms in total. The lowest BCUT2D eigenvalue weighted by Crippen LogP contribution is -2.24. The van der Waals surface area contributed by atoms with Crippen molar-refractivity contribution in [2.24, 2.45) is 0 Å². The van der Waals surface area contributed by atoms with Gasteiger partial charge in [0.15, 0.2) is 34.9 Å². The van der Waals surface area contributed by atoms with Gasteiger partial charge in [-0.2, -0.15) is 0 Å². The van der Waals surface area contributed by atoms with Gasteiger partial charge in [-0.15, -0.1) is 0 Å². The van der Waals surface area contributed by atoms with Crippen LogP contribution in [-0.2, 0) is 0 Å². The smallest absolute Gasteiger partial charge is 0.335 e. The van der Waals surface area contributed by atoms with Crippen molar-refractivity contribution in [2.75, 3.05) is 0 Å². The van der Waals surface area contributed by atoms with Crippen LogP contribution in [0.1, 0.15) is 0 Å². The molecule has 0 saturated heterocycles. The van der Waals surface area contributed by atoms with Crippen molar-refractivity contribution in [3.8, 4) is 11.1 Å². The Morgan fingerprint density at radius 1 is 0.435 bits per heavy atom. The molecule has 0 unspecified atom stereocenters. The van der Waals surface area contributed by atoms with Crippen molar-refractivity contribution in [1.29, 1.82) is 0 Å². The molecular formula is C12ClF9Mg. The summed E-state index contributed by atoms with van der Waals surface area (Å²) in [5.74, 6) is -21.6. The van der Waals surface area contributed by atoms with Crippen LogP contribution in [0.15, 0.2) is 0 Å². The van der Waals surface area contributed by atoms with Gasteiger partial charge in [-0.05, 0) is 0 Å². The molecule has 2 rings (SSSR count). The standard InChI is InChI=1S/C12F9.ClH.Mg/c13-2-1-3(14)7(16)4(6(2)15)5-8(17)10(19)12(21)11(20)9(5)18;;/h;1H;/q;;+1/p-1. The Kier molecular flexibility index (Phi) is 5.07. The van der Waals surface area contributed by atoms with Crippen molar-refractivity contribution in [1.82, 2.24) is 0 Å². The van der Waals surface area contributed by atoms with E-state index in [1.807, 2.05) is 0 Å². The number of benzene rings is 2. The number of rotatable bonds is 2. The fraction of sp³-hybridized carbons (Fsp3) is 0. The summed E-state index contributed by atoms with van der Waals surface area (Å²) in [6.07, 6.45) is 0. The Labute approximate surface area is 135 Å². The van der Waals surface area contributed by atoms with Crippen LogP contribution in [0.2, 0.25) is 0 Å². The molecule has 120 valence electrons. The molecule has 0 atom stereocenters. The Bertz CT molecular complexity index is 763. The third kappa shape index (κ3) is 2.66. The minimum atomic E-state index is -2.60. The van der Waals surface area contributed by atoms with Gasteiger partial charge in [0.05, 0.1) is 11.1 Å². The summed E-state index contributed by atoms with van der Waals surface area (Å²) in [7, 11) is 5.22. The Morgan fingerprint density at radius 2 is 0.696 bits per heavy atom. The van der Waals surface area contributed by atoms with E-state index in [1.54, 1.807) is 0 Å². The summed E-state index contributed by atoms with van der Waals surface area (Å²) in [5, 5.41) is 0. The predicted molar refractivity (Wildman–Crippen MR) is 62.7 cm³/mol. The summed E-state index contributed by atoms with van der Waals surface area (Å²) < 4.78 is 120. The minimum Gasteiger partial charge on any atom is -0.335 e. The van der Waals surface area contributed by atoms with E-state index in [0.717, 1.165) is 0 Å². The van der Waals surface area contributed by atoms with Gasteiger partial charge in [-0.3, -0.25) is 0 Å². The van der Waals surface area contributed by atoms with Crippen LogP contribution in [0.5, 0.6) is 0 Å². The van der Waals surface area contributed by atoms with Crippen LogP contribution < -0.4 is 3.69 Å². The van der Waals surface area contributed by atoms with Crippen molar-refractivity contribution in [3.05, 3.63) is 52.4 Å². The molecule has 0 aliphatic heterocycles. The minimum absolute atomic E-state index is 1.16. The summed E-state index contributed by atoms with van der Waals surface area (Å²) in [6.45, 7) is 0. The highest BCUT2D eigenvalue weighted by Crippen LogP contribution is 2.35. The molecule has 0 aliphatic carbocycles. The van der Waals surface area contributed by atoms with Crippen LogP contribution in [0.3, 0.4) is 0 Å². The molecule has 2 aromatic rings. The molecule has 11 heteroatoms. The van der Waals surface area contributed by atoms with Crippen LogP contribution >= 0.6 is 9.07 Å². The monoisotopic (exact) mass is 374 g/mol. The maximum atomic E-state index is 13.8. The highest BCUT2D eigenvalue weighted by molar-refractivity contribution is 7.01. The number of hydrogen-bond acceptors (Lipinski definition) is 0. The second-order valence-electron chi connectivity index (χ2n) is 4.19. The van der Waals surface area contributed by atoms with Gasteiger partial charge in [0.1, 0.15) is 11.6 Å². The molecule has 0 aromatic heterocycles. The Balaban J connectivity index is 3.01. The zero-order chi connectivity index (χ0) is 17.6. The van der Waals surface area contributed by atoms with E-state index in [4.69, 9.17) is 9.07 Å². The summed E-state index contributed by atoms with van der Waals surface area (Å²) >= 11 is -2.30. The molecule has 0 aliphatic rings. The van der Waals surface area contributed by atoms with E-state index >= 15 is 0 Å². The third-order valence-corrected chi connectivity index (χ3v) is 4.64. The molecule has 0 amide bonds. The van der Waals surface area contributed by atoms with Gasteiger partial charge in [0.25, 0.3) is 0 Å². The fourth-order valence-corrected chi connectivity index (χ4v) is 3.09. The van der Waals surface area contributed by atoms with Crippen molar-refractivity contribution < 1.29 is 39.5 Å². The quantitative estimate of drug-likeness (QED) is 0.321. The van der Waals surface area contributed by atoms with E-state index in [0.29, 0.717) is 0 Å². The molecule has 0 heterocycles. The first-order valence-corrected chi connectivity index (χ1v) is 8.42. The van der Waals surface area contributed by atoms with E-state index < -0.39 is 86.4 Å². The van der Waals surface area contributed by atoms with Crippen molar-refractivity contribution in [2.45, 2.75) is 0 Å². The maximum Gasteiger partial charge on any atom is 0.547 e. The van der Waals surface area contributed by atoms with E-state index in [9.17, 15) is 39.5 Å². The van der Waals surface area contributed by atoms with Gasteiger partial charge in [0.2, 0.25) is 5.82 Å². The van der Waals surface area contributed by atoms with E-state index in [1.165, 1.54) is 0 Å². The van der Waals surface area contributed by atoms with Gasteiger partial charge < -0.3 is 9.07 Å². The maximum absolute atomic E-state index is 13.8. The van der Waals surface area contributed by atoms with Gasteiger partial charge in [-0.25, -0.2) is 39.5 Å². The number of halogens is 10. The highest BCUT2D eigenvalue weighted by Gasteiger charge is 2.33.